The molecule has 0 atom stereocenters. The molecule has 0 amide bonds. The quantitative estimate of drug-likeness (QED) is 0.867. The van der Waals surface area contributed by atoms with Crippen LogP contribution >= 0.6 is 0 Å². The molecule has 0 N–H and O–H groups in total. The van der Waals surface area contributed by atoms with Crippen LogP contribution in [0.1, 0.15) is 25.7 Å². The van der Waals surface area contributed by atoms with Gasteiger partial charge in [-0.3, -0.25) is 0 Å². The molecule has 22 heavy (non-hydrogen) atoms. The fraction of sp³-hybridized carbons (Fsp3) is 0.500. The number of hydrogen-bond donors (Lipinski definition) is 0. The van der Waals surface area contributed by atoms with Gasteiger partial charge in [-0.05, 0) is 37.0 Å². The SMILES string of the molecule is CN(CC1CCCC1)c1ncnc2ccc(S(C)(=O)=O)cc12. The normalized spacial score (nSPS) is 16.3. The smallest absolute Gasteiger partial charge is 0.175 e. The zero-order chi connectivity index (χ0) is 15.7. The summed E-state index contributed by atoms with van der Waals surface area (Å²) in [6, 6.07) is 5.04. The zero-order valence-electron chi connectivity index (χ0n) is 13.0. The van der Waals surface area contributed by atoms with E-state index in [-0.39, 0.29) is 0 Å². The van der Waals surface area contributed by atoms with E-state index in [0.29, 0.717) is 10.8 Å². The van der Waals surface area contributed by atoms with Crippen molar-refractivity contribution in [2.24, 2.45) is 5.92 Å². The lowest BCUT2D eigenvalue weighted by molar-refractivity contribution is 0.545. The third-order valence-electron chi connectivity index (χ3n) is 4.38. The molecule has 0 bridgehead atoms. The Morgan fingerprint density at radius 1 is 1.23 bits per heavy atom. The van der Waals surface area contributed by atoms with Gasteiger partial charge in [0.05, 0.1) is 10.4 Å². The first-order valence-corrected chi connectivity index (χ1v) is 9.50. The van der Waals surface area contributed by atoms with Crippen LogP contribution in [-0.2, 0) is 9.84 Å². The van der Waals surface area contributed by atoms with Gasteiger partial charge in [-0.1, -0.05) is 12.8 Å². The van der Waals surface area contributed by atoms with Crippen molar-refractivity contribution in [3.8, 4) is 0 Å². The van der Waals surface area contributed by atoms with E-state index in [0.717, 1.165) is 23.3 Å². The van der Waals surface area contributed by atoms with Crippen LogP contribution < -0.4 is 4.90 Å². The lowest BCUT2D eigenvalue weighted by Gasteiger charge is -2.23. The largest absolute Gasteiger partial charge is 0.359 e. The summed E-state index contributed by atoms with van der Waals surface area (Å²) in [5, 5.41) is 0.797. The molecular formula is C16H21N3O2S. The molecule has 1 aliphatic rings. The predicted molar refractivity (Wildman–Crippen MR) is 87.9 cm³/mol. The summed E-state index contributed by atoms with van der Waals surface area (Å²) in [6.45, 7) is 0.954. The van der Waals surface area contributed by atoms with Gasteiger partial charge in [-0.25, -0.2) is 18.4 Å². The van der Waals surface area contributed by atoms with Crippen molar-refractivity contribution in [1.29, 1.82) is 0 Å². The second-order valence-corrected chi connectivity index (χ2v) is 8.20. The minimum absolute atomic E-state index is 0.310. The highest BCUT2D eigenvalue weighted by atomic mass is 32.2. The Bertz CT molecular complexity index is 783. The van der Waals surface area contributed by atoms with E-state index in [2.05, 4.69) is 14.9 Å². The van der Waals surface area contributed by atoms with Gasteiger partial charge in [-0.2, -0.15) is 0 Å². The summed E-state index contributed by atoms with van der Waals surface area (Å²) >= 11 is 0. The predicted octanol–water partition coefficient (Wildman–Crippen LogP) is 2.66. The molecule has 0 radical (unpaired) electrons. The molecule has 3 rings (SSSR count). The monoisotopic (exact) mass is 319 g/mol. The van der Waals surface area contributed by atoms with Crippen molar-refractivity contribution in [2.45, 2.75) is 30.6 Å². The van der Waals surface area contributed by atoms with E-state index in [9.17, 15) is 8.42 Å². The molecule has 1 aromatic heterocycles. The molecule has 0 aliphatic heterocycles. The molecule has 118 valence electrons. The third kappa shape index (κ3) is 3.06. The molecule has 1 aliphatic carbocycles. The summed E-state index contributed by atoms with van der Waals surface area (Å²) < 4.78 is 23.6. The molecule has 2 aromatic rings. The highest BCUT2D eigenvalue weighted by Gasteiger charge is 2.19. The Morgan fingerprint density at radius 2 is 1.95 bits per heavy atom. The van der Waals surface area contributed by atoms with Gasteiger partial charge in [0.2, 0.25) is 0 Å². The van der Waals surface area contributed by atoms with E-state index in [1.165, 1.54) is 31.9 Å². The molecule has 6 heteroatoms. The Kier molecular flexibility index (Phi) is 4.04. The van der Waals surface area contributed by atoms with E-state index in [4.69, 9.17) is 0 Å². The van der Waals surface area contributed by atoms with Crippen LogP contribution in [0.25, 0.3) is 10.9 Å². The Hall–Kier alpha value is -1.69. The molecule has 0 unspecified atom stereocenters. The first kappa shape index (κ1) is 15.2. The van der Waals surface area contributed by atoms with Crippen LogP contribution in [0.5, 0.6) is 0 Å². The van der Waals surface area contributed by atoms with E-state index in [1.807, 2.05) is 7.05 Å². The Morgan fingerprint density at radius 3 is 2.64 bits per heavy atom. The van der Waals surface area contributed by atoms with Crippen molar-refractivity contribution in [2.75, 3.05) is 24.7 Å². The van der Waals surface area contributed by atoms with Crippen molar-refractivity contribution in [3.63, 3.8) is 0 Å². The molecule has 0 spiro atoms. The average molecular weight is 319 g/mol. The van der Waals surface area contributed by atoms with Crippen molar-refractivity contribution in [1.82, 2.24) is 9.97 Å². The van der Waals surface area contributed by atoms with E-state index in [1.54, 1.807) is 24.5 Å². The molecular weight excluding hydrogens is 298 g/mol. The molecule has 1 saturated carbocycles. The Labute approximate surface area is 131 Å². The number of fused-ring (bicyclic) bond motifs is 1. The fourth-order valence-electron chi connectivity index (χ4n) is 3.22. The number of aromatic nitrogens is 2. The lowest BCUT2D eigenvalue weighted by Crippen LogP contribution is -2.25. The summed E-state index contributed by atoms with van der Waals surface area (Å²) in [6.07, 6.45) is 7.91. The van der Waals surface area contributed by atoms with E-state index < -0.39 is 9.84 Å². The van der Waals surface area contributed by atoms with Crippen LogP contribution in [0.15, 0.2) is 29.4 Å². The highest BCUT2D eigenvalue weighted by Crippen LogP contribution is 2.29. The maximum Gasteiger partial charge on any atom is 0.175 e. The molecule has 1 heterocycles. The van der Waals surface area contributed by atoms with Crippen molar-refractivity contribution < 1.29 is 8.42 Å². The molecule has 5 nitrogen and oxygen atoms in total. The van der Waals surface area contributed by atoms with Gasteiger partial charge in [0, 0.05) is 25.2 Å². The topological polar surface area (TPSA) is 63.2 Å². The standard InChI is InChI=1S/C16H21N3O2S/c1-19(10-12-5-3-4-6-12)16-14-9-13(22(2,20)21)7-8-15(14)17-11-18-16/h7-9,11-12H,3-6,10H2,1-2H3. The maximum absolute atomic E-state index is 11.8. The average Bonchev–Trinajstić information content (AvgIpc) is 2.98. The van der Waals surface area contributed by atoms with Crippen LogP contribution in [0, 0.1) is 5.92 Å². The van der Waals surface area contributed by atoms with Crippen LogP contribution in [0.3, 0.4) is 0 Å². The summed E-state index contributed by atoms with van der Waals surface area (Å²) in [5.74, 6) is 1.51. The number of sulfone groups is 1. The van der Waals surface area contributed by atoms with Gasteiger partial charge in [0.15, 0.2) is 9.84 Å². The van der Waals surface area contributed by atoms with Gasteiger partial charge in [-0.15, -0.1) is 0 Å². The molecule has 1 aromatic carbocycles. The first-order valence-electron chi connectivity index (χ1n) is 7.61. The minimum Gasteiger partial charge on any atom is -0.359 e. The van der Waals surface area contributed by atoms with Crippen LogP contribution in [0.4, 0.5) is 5.82 Å². The van der Waals surface area contributed by atoms with Crippen molar-refractivity contribution >= 4 is 26.6 Å². The molecule has 0 saturated heterocycles. The molecule has 1 fully saturated rings. The lowest BCUT2D eigenvalue weighted by atomic mass is 10.1. The number of hydrogen-bond acceptors (Lipinski definition) is 5. The number of benzene rings is 1. The van der Waals surface area contributed by atoms with Crippen LogP contribution in [0.2, 0.25) is 0 Å². The van der Waals surface area contributed by atoms with Gasteiger partial charge in [0.25, 0.3) is 0 Å². The first-order chi connectivity index (χ1) is 10.4. The zero-order valence-corrected chi connectivity index (χ0v) is 13.8. The van der Waals surface area contributed by atoms with Gasteiger partial charge < -0.3 is 4.90 Å². The number of nitrogens with zero attached hydrogens (tertiary/aromatic N) is 3. The Balaban J connectivity index is 2.00. The third-order valence-corrected chi connectivity index (χ3v) is 5.49. The number of anilines is 1. The summed E-state index contributed by atoms with van der Waals surface area (Å²) in [4.78, 5) is 11.1. The minimum atomic E-state index is -3.23. The van der Waals surface area contributed by atoms with Crippen LogP contribution in [-0.4, -0.2) is 38.2 Å². The summed E-state index contributed by atoms with van der Waals surface area (Å²) in [5.41, 5.74) is 0.774. The summed E-state index contributed by atoms with van der Waals surface area (Å²) in [7, 11) is -1.21. The highest BCUT2D eigenvalue weighted by molar-refractivity contribution is 7.90. The second kappa shape index (κ2) is 5.83. The van der Waals surface area contributed by atoms with Gasteiger partial charge >= 0.3 is 0 Å². The number of rotatable bonds is 4. The second-order valence-electron chi connectivity index (χ2n) is 6.18. The van der Waals surface area contributed by atoms with Gasteiger partial charge in [0.1, 0.15) is 12.1 Å². The fourth-order valence-corrected chi connectivity index (χ4v) is 3.87. The van der Waals surface area contributed by atoms with E-state index >= 15 is 0 Å². The maximum atomic E-state index is 11.8. The van der Waals surface area contributed by atoms with Crippen molar-refractivity contribution in [3.05, 3.63) is 24.5 Å².